The van der Waals surface area contributed by atoms with Gasteiger partial charge in [0.25, 0.3) is 0 Å². The second-order valence-electron chi connectivity index (χ2n) is 2.00. The van der Waals surface area contributed by atoms with E-state index in [2.05, 4.69) is 11.9 Å². The Labute approximate surface area is 66.3 Å². The van der Waals surface area contributed by atoms with Gasteiger partial charge >= 0.3 is 0 Å². The Bertz CT molecular complexity index is 200. The topological polar surface area (TPSA) is 55.1 Å². The van der Waals surface area contributed by atoms with Gasteiger partial charge in [0.2, 0.25) is 6.41 Å². The van der Waals surface area contributed by atoms with Crippen LogP contribution in [-0.4, -0.2) is 6.41 Å². The summed E-state index contributed by atoms with van der Waals surface area (Å²) in [5, 5.41) is 2.45. The van der Waals surface area contributed by atoms with Gasteiger partial charge in [-0.2, -0.15) is 0 Å². The highest BCUT2D eigenvalue weighted by molar-refractivity contribution is 5.52. The molecule has 0 saturated heterocycles. The zero-order chi connectivity index (χ0) is 8.69. The van der Waals surface area contributed by atoms with Gasteiger partial charge in [-0.15, -0.1) is 0 Å². The molecule has 0 aliphatic rings. The monoisotopic (exact) mass is 152 g/mol. The Morgan fingerprint density at radius 1 is 1.55 bits per heavy atom. The summed E-state index contributed by atoms with van der Waals surface area (Å²) in [5.41, 5.74) is 6.66. The average molecular weight is 152 g/mol. The van der Waals surface area contributed by atoms with Crippen molar-refractivity contribution in [1.82, 2.24) is 5.32 Å². The van der Waals surface area contributed by atoms with E-state index in [0.29, 0.717) is 17.8 Å². The highest BCUT2D eigenvalue weighted by Gasteiger charge is 1.83. The largest absolute Gasteiger partial charge is 0.402 e. The van der Waals surface area contributed by atoms with E-state index in [-0.39, 0.29) is 0 Å². The Hall–Kier alpha value is -1.51. The second kappa shape index (κ2) is 5.29. The van der Waals surface area contributed by atoms with Crippen molar-refractivity contribution in [2.75, 3.05) is 0 Å². The Morgan fingerprint density at radius 2 is 2.18 bits per heavy atom. The molecule has 3 heteroatoms. The van der Waals surface area contributed by atoms with E-state index in [1.165, 1.54) is 6.08 Å². The van der Waals surface area contributed by atoms with Crippen LogP contribution in [0.25, 0.3) is 0 Å². The molecule has 3 N–H and O–H groups in total. The molecule has 0 aliphatic carbocycles. The van der Waals surface area contributed by atoms with E-state index in [9.17, 15) is 4.79 Å². The van der Waals surface area contributed by atoms with Crippen molar-refractivity contribution in [3.05, 3.63) is 36.2 Å². The fourth-order valence-electron chi connectivity index (χ4n) is 0.464. The highest BCUT2D eigenvalue weighted by atomic mass is 16.1. The van der Waals surface area contributed by atoms with E-state index < -0.39 is 0 Å². The van der Waals surface area contributed by atoms with E-state index in [4.69, 9.17) is 5.73 Å². The molecule has 0 aliphatic heterocycles. The van der Waals surface area contributed by atoms with Crippen LogP contribution in [0.1, 0.15) is 6.92 Å². The lowest BCUT2D eigenvalue weighted by Gasteiger charge is -1.95. The first-order valence-electron chi connectivity index (χ1n) is 3.17. The van der Waals surface area contributed by atoms with Gasteiger partial charge in [-0.3, -0.25) is 4.79 Å². The summed E-state index contributed by atoms with van der Waals surface area (Å²) in [6.45, 7) is 5.26. The number of carbonyl (C=O) groups is 1. The van der Waals surface area contributed by atoms with Gasteiger partial charge in [0.15, 0.2) is 0 Å². The average Bonchev–Trinajstić information content (AvgIpc) is 1.97. The highest BCUT2D eigenvalue weighted by Crippen LogP contribution is 1.90. The maximum absolute atomic E-state index is 9.97. The van der Waals surface area contributed by atoms with Crippen molar-refractivity contribution in [2.24, 2.45) is 5.73 Å². The fourth-order valence-corrected chi connectivity index (χ4v) is 0.464. The summed E-state index contributed by atoms with van der Waals surface area (Å²) in [4.78, 5) is 9.97. The first kappa shape index (κ1) is 9.49. The fraction of sp³-hybridized carbons (Fsp3) is 0.125. The molecule has 3 nitrogen and oxygen atoms in total. The third-order valence-corrected chi connectivity index (χ3v) is 0.971. The van der Waals surface area contributed by atoms with Crippen LogP contribution in [0.5, 0.6) is 0 Å². The van der Waals surface area contributed by atoms with Gasteiger partial charge < -0.3 is 11.1 Å². The molecule has 1 amide bonds. The van der Waals surface area contributed by atoms with Crippen LogP contribution < -0.4 is 11.1 Å². The molecule has 0 heterocycles. The first-order chi connectivity index (χ1) is 5.20. The smallest absolute Gasteiger partial charge is 0.211 e. The van der Waals surface area contributed by atoms with Gasteiger partial charge in [-0.25, -0.2) is 0 Å². The van der Waals surface area contributed by atoms with Crippen molar-refractivity contribution < 1.29 is 4.79 Å². The van der Waals surface area contributed by atoms with Crippen LogP contribution >= 0.6 is 0 Å². The van der Waals surface area contributed by atoms with Gasteiger partial charge in [0.05, 0.1) is 0 Å². The molecule has 0 bridgehead atoms. The van der Waals surface area contributed by atoms with Crippen LogP contribution in [0.2, 0.25) is 0 Å². The molecule has 0 saturated carbocycles. The number of nitrogens with two attached hydrogens (primary N) is 1. The molecule has 0 radical (unpaired) electrons. The molecule has 60 valence electrons. The Morgan fingerprint density at radius 3 is 2.55 bits per heavy atom. The minimum atomic E-state index is 0.590. The van der Waals surface area contributed by atoms with E-state index in [1.807, 2.05) is 0 Å². The molecule has 0 aromatic carbocycles. The lowest BCUT2D eigenvalue weighted by atomic mass is 10.3. The summed E-state index contributed by atoms with van der Waals surface area (Å²) < 4.78 is 0. The third-order valence-electron chi connectivity index (χ3n) is 0.971. The predicted octanol–water partition coefficient (Wildman–Crippen LogP) is 0.665. The summed E-state index contributed by atoms with van der Waals surface area (Å²) >= 11 is 0. The molecule has 0 spiro atoms. The Balaban J connectivity index is 4.22. The SMILES string of the molecule is C=C/C(=C\C=C(/C)N)NC=O. The molecule has 0 fully saturated rings. The van der Waals surface area contributed by atoms with Crippen LogP contribution in [0.4, 0.5) is 0 Å². The number of hydrogen-bond acceptors (Lipinski definition) is 2. The van der Waals surface area contributed by atoms with Crippen molar-refractivity contribution in [1.29, 1.82) is 0 Å². The zero-order valence-electron chi connectivity index (χ0n) is 6.50. The standard InChI is InChI=1S/C8H12N2O/c1-3-8(10-6-11)5-4-7(2)9/h3-6H,1,9H2,2H3,(H,10,11)/b7-4+,8-5+. The van der Waals surface area contributed by atoms with Crippen LogP contribution in [-0.2, 0) is 4.79 Å². The van der Waals surface area contributed by atoms with E-state index >= 15 is 0 Å². The van der Waals surface area contributed by atoms with Crippen molar-refractivity contribution in [3.63, 3.8) is 0 Å². The quantitative estimate of drug-likeness (QED) is 0.459. The molecule has 0 aromatic heterocycles. The second-order valence-corrected chi connectivity index (χ2v) is 2.00. The summed E-state index contributed by atoms with van der Waals surface area (Å²) in [7, 11) is 0. The molecule has 11 heavy (non-hydrogen) atoms. The Kier molecular flexibility index (Phi) is 4.56. The summed E-state index contributed by atoms with van der Waals surface area (Å²) in [5.74, 6) is 0. The number of carbonyl (C=O) groups excluding carboxylic acids is 1. The molecule has 0 aromatic rings. The van der Waals surface area contributed by atoms with Gasteiger partial charge in [-0.05, 0) is 25.2 Å². The molecule has 0 unspecified atom stereocenters. The lowest BCUT2D eigenvalue weighted by Crippen LogP contribution is -2.07. The van der Waals surface area contributed by atoms with Gasteiger partial charge in [0, 0.05) is 11.4 Å². The van der Waals surface area contributed by atoms with Crippen LogP contribution in [0.3, 0.4) is 0 Å². The van der Waals surface area contributed by atoms with Gasteiger partial charge in [-0.1, -0.05) is 6.58 Å². The van der Waals surface area contributed by atoms with Crippen molar-refractivity contribution in [3.8, 4) is 0 Å². The molecule has 0 atom stereocenters. The maximum Gasteiger partial charge on any atom is 0.211 e. The third kappa shape index (κ3) is 4.96. The maximum atomic E-state index is 9.97. The normalized spacial score (nSPS) is 12.5. The molecular weight excluding hydrogens is 140 g/mol. The van der Waals surface area contributed by atoms with Crippen LogP contribution in [0, 0.1) is 0 Å². The predicted molar refractivity (Wildman–Crippen MR) is 45.4 cm³/mol. The van der Waals surface area contributed by atoms with Crippen molar-refractivity contribution >= 4 is 6.41 Å². The van der Waals surface area contributed by atoms with Gasteiger partial charge in [0.1, 0.15) is 0 Å². The van der Waals surface area contributed by atoms with Crippen molar-refractivity contribution in [2.45, 2.75) is 6.92 Å². The number of hydrogen-bond donors (Lipinski definition) is 2. The molecular formula is C8H12N2O. The summed E-state index contributed by atoms with van der Waals surface area (Å²) in [6.07, 6.45) is 5.49. The van der Waals surface area contributed by atoms with E-state index in [0.717, 1.165) is 0 Å². The summed E-state index contributed by atoms with van der Waals surface area (Å²) in [6, 6.07) is 0. The first-order valence-corrected chi connectivity index (χ1v) is 3.17. The number of amides is 1. The van der Waals surface area contributed by atoms with E-state index in [1.54, 1.807) is 19.1 Å². The zero-order valence-corrected chi connectivity index (χ0v) is 6.50. The minimum absolute atomic E-state index is 0.590. The number of allylic oxidation sites excluding steroid dienone is 4. The lowest BCUT2D eigenvalue weighted by molar-refractivity contribution is -0.108. The molecule has 0 rings (SSSR count). The van der Waals surface area contributed by atoms with Crippen LogP contribution in [0.15, 0.2) is 36.2 Å². The number of nitrogens with one attached hydrogen (secondary N) is 1. The number of rotatable bonds is 4. The minimum Gasteiger partial charge on any atom is -0.402 e.